The van der Waals surface area contributed by atoms with Gasteiger partial charge in [-0.1, -0.05) is 12.1 Å². The average Bonchev–Trinajstić information content (AvgIpc) is 2.76. The molecule has 0 bridgehead atoms. The molecule has 0 saturated carbocycles. The van der Waals surface area contributed by atoms with Crippen LogP contribution in [0.2, 0.25) is 0 Å². The van der Waals surface area contributed by atoms with Crippen molar-refractivity contribution in [3.8, 4) is 0 Å². The summed E-state index contributed by atoms with van der Waals surface area (Å²) in [6.45, 7) is 2.57. The van der Waals surface area contributed by atoms with Crippen LogP contribution in [0.4, 0.5) is 0 Å². The zero-order valence-corrected chi connectivity index (χ0v) is 11.6. The minimum Gasteiger partial charge on any atom is -0.339 e. The van der Waals surface area contributed by atoms with E-state index in [1.807, 2.05) is 14.0 Å². The number of hydrogen-bond donors (Lipinski definition) is 0. The van der Waals surface area contributed by atoms with Crippen molar-refractivity contribution < 1.29 is 12.9 Å². The van der Waals surface area contributed by atoms with Crippen LogP contribution in [0.25, 0.3) is 0 Å². The van der Waals surface area contributed by atoms with E-state index in [1.165, 1.54) is 0 Å². The van der Waals surface area contributed by atoms with Crippen LogP contribution in [0.1, 0.15) is 31.5 Å². The fraction of sp³-hybridized carbons (Fsp3) is 0.818. The van der Waals surface area contributed by atoms with Crippen LogP contribution in [0.15, 0.2) is 4.52 Å². The molecule has 0 aromatic carbocycles. The SMILES string of the molecule is CCc1nc(CN(C)C2CCS(=O)(=O)CC2)no1. The number of aryl methyl sites for hydroxylation is 1. The highest BCUT2D eigenvalue weighted by Gasteiger charge is 2.26. The van der Waals surface area contributed by atoms with Crippen LogP contribution in [0.3, 0.4) is 0 Å². The first kappa shape index (κ1) is 13.5. The fourth-order valence-electron chi connectivity index (χ4n) is 2.17. The van der Waals surface area contributed by atoms with Crippen molar-refractivity contribution in [3.63, 3.8) is 0 Å². The van der Waals surface area contributed by atoms with E-state index in [0.717, 1.165) is 6.42 Å². The zero-order valence-electron chi connectivity index (χ0n) is 10.8. The van der Waals surface area contributed by atoms with Gasteiger partial charge in [0.05, 0.1) is 18.1 Å². The summed E-state index contributed by atoms with van der Waals surface area (Å²) in [7, 11) is -0.822. The van der Waals surface area contributed by atoms with Crippen LogP contribution in [-0.4, -0.2) is 48.1 Å². The standard InChI is InChI=1S/C11H19N3O3S/c1-3-11-12-10(13-17-11)8-14(2)9-4-6-18(15,16)7-5-9/h9H,3-8H2,1-2H3. The number of hydrogen-bond acceptors (Lipinski definition) is 6. The van der Waals surface area contributed by atoms with Crippen molar-refractivity contribution in [2.24, 2.45) is 0 Å². The number of rotatable bonds is 4. The van der Waals surface area contributed by atoms with E-state index in [4.69, 9.17) is 4.52 Å². The second-order valence-corrected chi connectivity index (χ2v) is 7.06. The van der Waals surface area contributed by atoms with Crippen molar-refractivity contribution in [1.29, 1.82) is 0 Å². The van der Waals surface area contributed by atoms with Gasteiger partial charge in [0.15, 0.2) is 5.82 Å². The highest BCUT2D eigenvalue weighted by atomic mass is 32.2. The smallest absolute Gasteiger partial charge is 0.226 e. The largest absolute Gasteiger partial charge is 0.339 e. The predicted octanol–water partition coefficient (Wildman–Crippen LogP) is 0.641. The Morgan fingerprint density at radius 3 is 2.61 bits per heavy atom. The highest BCUT2D eigenvalue weighted by Crippen LogP contribution is 2.18. The first-order valence-electron chi connectivity index (χ1n) is 6.22. The van der Waals surface area contributed by atoms with Crippen molar-refractivity contribution in [3.05, 3.63) is 11.7 Å². The number of sulfone groups is 1. The van der Waals surface area contributed by atoms with E-state index in [1.54, 1.807) is 0 Å². The molecule has 1 aromatic heterocycles. The van der Waals surface area contributed by atoms with Gasteiger partial charge in [-0.05, 0) is 19.9 Å². The summed E-state index contributed by atoms with van der Waals surface area (Å²) in [5, 5.41) is 3.90. The molecule has 0 spiro atoms. The lowest BCUT2D eigenvalue weighted by atomic mass is 10.1. The molecule has 0 atom stereocenters. The quantitative estimate of drug-likeness (QED) is 0.801. The van der Waals surface area contributed by atoms with Crippen LogP contribution < -0.4 is 0 Å². The fourth-order valence-corrected chi connectivity index (χ4v) is 3.64. The Kier molecular flexibility index (Phi) is 4.01. The van der Waals surface area contributed by atoms with Gasteiger partial charge in [0.1, 0.15) is 9.84 Å². The van der Waals surface area contributed by atoms with E-state index in [9.17, 15) is 8.42 Å². The minimum atomic E-state index is -2.80. The Bertz CT molecular complexity index is 483. The van der Waals surface area contributed by atoms with Gasteiger partial charge in [0.25, 0.3) is 0 Å². The lowest BCUT2D eigenvalue weighted by molar-refractivity contribution is 0.211. The van der Waals surface area contributed by atoms with Gasteiger partial charge in [-0.2, -0.15) is 4.98 Å². The molecule has 0 aliphatic carbocycles. The Labute approximate surface area is 107 Å². The summed E-state index contributed by atoms with van der Waals surface area (Å²) in [4.78, 5) is 6.36. The third-order valence-corrected chi connectivity index (χ3v) is 5.07. The summed E-state index contributed by atoms with van der Waals surface area (Å²) in [6.07, 6.45) is 2.12. The third kappa shape index (κ3) is 3.29. The van der Waals surface area contributed by atoms with Crippen LogP contribution in [0.5, 0.6) is 0 Å². The van der Waals surface area contributed by atoms with E-state index < -0.39 is 9.84 Å². The lowest BCUT2D eigenvalue weighted by Crippen LogP contribution is -2.38. The molecule has 1 saturated heterocycles. The summed E-state index contributed by atoms with van der Waals surface area (Å²) in [5.74, 6) is 1.88. The second kappa shape index (κ2) is 5.36. The average molecular weight is 273 g/mol. The molecule has 0 N–H and O–H groups in total. The Hall–Kier alpha value is -0.950. The van der Waals surface area contributed by atoms with Crippen molar-refractivity contribution in [2.75, 3.05) is 18.6 Å². The minimum absolute atomic E-state index is 0.286. The Balaban J connectivity index is 1.90. The summed E-state index contributed by atoms with van der Waals surface area (Å²) in [5.41, 5.74) is 0. The molecule has 2 heterocycles. The van der Waals surface area contributed by atoms with E-state index >= 15 is 0 Å². The highest BCUT2D eigenvalue weighted by molar-refractivity contribution is 7.91. The topological polar surface area (TPSA) is 76.3 Å². The molecule has 1 aliphatic rings. The molecule has 0 unspecified atom stereocenters. The Morgan fingerprint density at radius 2 is 2.06 bits per heavy atom. The molecule has 0 radical (unpaired) electrons. The molecule has 2 rings (SSSR count). The normalized spacial score (nSPS) is 20.4. The van der Waals surface area contributed by atoms with E-state index in [-0.39, 0.29) is 17.5 Å². The lowest BCUT2D eigenvalue weighted by Gasteiger charge is -2.30. The first-order chi connectivity index (χ1) is 8.50. The van der Waals surface area contributed by atoms with Gasteiger partial charge in [-0.3, -0.25) is 4.90 Å². The van der Waals surface area contributed by atoms with Gasteiger partial charge in [0.2, 0.25) is 5.89 Å². The number of aromatic nitrogens is 2. The van der Waals surface area contributed by atoms with Crippen molar-refractivity contribution >= 4 is 9.84 Å². The first-order valence-corrected chi connectivity index (χ1v) is 8.04. The summed E-state index contributed by atoms with van der Waals surface area (Å²) < 4.78 is 27.8. The van der Waals surface area contributed by atoms with Crippen LogP contribution >= 0.6 is 0 Å². The molecular weight excluding hydrogens is 254 g/mol. The maximum absolute atomic E-state index is 11.4. The molecule has 0 amide bonds. The predicted molar refractivity (Wildman–Crippen MR) is 66.8 cm³/mol. The summed E-state index contributed by atoms with van der Waals surface area (Å²) >= 11 is 0. The molecule has 18 heavy (non-hydrogen) atoms. The molecule has 102 valence electrons. The van der Waals surface area contributed by atoms with E-state index in [0.29, 0.717) is 31.1 Å². The van der Waals surface area contributed by atoms with Crippen LogP contribution in [-0.2, 0) is 22.8 Å². The van der Waals surface area contributed by atoms with Gasteiger partial charge in [-0.15, -0.1) is 0 Å². The maximum Gasteiger partial charge on any atom is 0.226 e. The zero-order chi connectivity index (χ0) is 13.2. The third-order valence-electron chi connectivity index (χ3n) is 3.35. The molecule has 1 fully saturated rings. The monoisotopic (exact) mass is 273 g/mol. The Morgan fingerprint density at radius 1 is 1.39 bits per heavy atom. The van der Waals surface area contributed by atoms with Gasteiger partial charge in [-0.25, -0.2) is 8.42 Å². The summed E-state index contributed by atoms with van der Waals surface area (Å²) in [6, 6.07) is 0.289. The molecule has 1 aromatic rings. The number of nitrogens with zero attached hydrogens (tertiary/aromatic N) is 3. The second-order valence-electron chi connectivity index (χ2n) is 4.76. The van der Waals surface area contributed by atoms with Crippen molar-refractivity contribution in [1.82, 2.24) is 15.0 Å². The van der Waals surface area contributed by atoms with Crippen molar-refractivity contribution in [2.45, 2.75) is 38.8 Å². The molecule has 6 nitrogen and oxygen atoms in total. The van der Waals surface area contributed by atoms with Gasteiger partial charge in [0, 0.05) is 12.5 Å². The molecular formula is C11H19N3O3S. The van der Waals surface area contributed by atoms with E-state index in [2.05, 4.69) is 15.0 Å². The van der Waals surface area contributed by atoms with Gasteiger partial charge < -0.3 is 4.52 Å². The maximum atomic E-state index is 11.4. The van der Waals surface area contributed by atoms with Crippen LogP contribution in [0, 0.1) is 0 Å². The molecule has 7 heteroatoms. The molecule has 1 aliphatic heterocycles. The van der Waals surface area contributed by atoms with Gasteiger partial charge >= 0.3 is 0 Å².